The molecule has 1 unspecified atom stereocenters. The number of halogens is 3. The zero-order chi connectivity index (χ0) is 22.1. The number of carbonyl (C=O) groups excluding carboxylic acids is 2. The molecule has 2 heterocycles. The fraction of sp³-hybridized carbons (Fsp3) is 0.0870. The van der Waals surface area contributed by atoms with E-state index < -0.39 is 17.7 Å². The molecule has 8 heteroatoms. The third-order valence-corrected chi connectivity index (χ3v) is 5.98. The summed E-state index contributed by atoms with van der Waals surface area (Å²) in [6, 6.07) is 13.9. The summed E-state index contributed by atoms with van der Waals surface area (Å²) in [5, 5.41) is 12.1. The van der Waals surface area contributed by atoms with Crippen molar-refractivity contribution in [1.29, 1.82) is 0 Å². The number of carbonyl (C=O) groups is 2. The van der Waals surface area contributed by atoms with Gasteiger partial charge in [-0.05, 0) is 53.6 Å². The van der Waals surface area contributed by atoms with Crippen LogP contribution in [0.25, 0.3) is 5.76 Å². The van der Waals surface area contributed by atoms with E-state index in [2.05, 4.69) is 4.98 Å². The number of nitrogens with zero attached hydrogens (tertiary/aromatic N) is 2. The maximum Gasteiger partial charge on any atom is 0.295 e. The van der Waals surface area contributed by atoms with Crippen molar-refractivity contribution in [3.8, 4) is 0 Å². The summed E-state index contributed by atoms with van der Waals surface area (Å²) in [7, 11) is 0. The molecule has 1 saturated heterocycles. The number of rotatable bonds is 4. The number of hydrogen-bond acceptors (Lipinski definition) is 4. The predicted octanol–water partition coefficient (Wildman–Crippen LogP) is 5.66. The third kappa shape index (κ3) is 4.17. The highest BCUT2D eigenvalue weighted by atomic mass is 35.5. The van der Waals surface area contributed by atoms with Crippen molar-refractivity contribution in [2.45, 2.75) is 12.6 Å². The van der Waals surface area contributed by atoms with Crippen LogP contribution in [0.5, 0.6) is 0 Å². The van der Waals surface area contributed by atoms with Crippen LogP contribution in [0.2, 0.25) is 15.1 Å². The molecule has 0 radical (unpaired) electrons. The molecule has 0 spiro atoms. The van der Waals surface area contributed by atoms with Crippen molar-refractivity contribution < 1.29 is 14.7 Å². The second-order valence-electron chi connectivity index (χ2n) is 6.97. The molecule has 3 aromatic rings. The van der Waals surface area contributed by atoms with E-state index in [1.165, 1.54) is 4.90 Å². The fourth-order valence-corrected chi connectivity index (χ4v) is 3.96. The lowest BCUT2D eigenvalue weighted by atomic mass is 9.95. The van der Waals surface area contributed by atoms with Gasteiger partial charge in [0, 0.05) is 29.5 Å². The van der Waals surface area contributed by atoms with Gasteiger partial charge in [0.05, 0.1) is 21.7 Å². The monoisotopic (exact) mass is 472 g/mol. The van der Waals surface area contributed by atoms with Gasteiger partial charge in [-0.15, -0.1) is 0 Å². The minimum atomic E-state index is -0.856. The maximum absolute atomic E-state index is 13.0. The van der Waals surface area contributed by atoms with E-state index in [4.69, 9.17) is 34.8 Å². The first kappa shape index (κ1) is 21.4. The first-order valence-corrected chi connectivity index (χ1v) is 10.4. The Bertz CT molecular complexity index is 1190. The van der Waals surface area contributed by atoms with E-state index in [0.29, 0.717) is 21.2 Å². The number of aromatic nitrogens is 1. The Morgan fingerprint density at radius 3 is 2.39 bits per heavy atom. The molecule has 1 aliphatic heterocycles. The molecule has 0 saturated carbocycles. The van der Waals surface area contributed by atoms with E-state index in [9.17, 15) is 14.7 Å². The lowest BCUT2D eigenvalue weighted by Crippen LogP contribution is -2.29. The van der Waals surface area contributed by atoms with Gasteiger partial charge in [-0.1, -0.05) is 46.9 Å². The van der Waals surface area contributed by atoms with Gasteiger partial charge < -0.3 is 10.0 Å². The van der Waals surface area contributed by atoms with Crippen LogP contribution in [0.15, 0.2) is 72.6 Å². The fourth-order valence-electron chi connectivity index (χ4n) is 3.52. The normalized spacial score (nSPS) is 17.9. The molecule has 0 bridgehead atoms. The van der Waals surface area contributed by atoms with Gasteiger partial charge in [-0.3, -0.25) is 14.6 Å². The first-order chi connectivity index (χ1) is 14.9. The highest BCUT2D eigenvalue weighted by molar-refractivity contribution is 6.46. The number of pyridine rings is 1. The van der Waals surface area contributed by atoms with Gasteiger partial charge in [0.1, 0.15) is 5.76 Å². The zero-order valence-electron chi connectivity index (χ0n) is 15.9. The Balaban J connectivity index is 1.88. The molecular weight excluding hydrogens is 459 g/mol. The number of aliphatic hydroxyl groups is 1. The molecule has 5 nitrogen and oxygen atoms in total. The van der Waals surface area contributed by atoms with Crippen LogP contribution in [-0.4, -0.2) is 26.7 Å². The Labute approximate surface area is 193 Å². The summed E-state index contributed by atoms with van der Waals surface area (Å²) in [4.78, 5) is 31.4. The van der Waals surface area contributed by atoms with Crippen LogP contribution in [-0.2, 0) is 16.1 Å². The highest BCUT2D eigenvalue weighted by Crippen LogP contribution is 2.41. The largest absolute Gasteiger partial charge is 0.507 e. The average Bonchev–Trinajstić information content (AvgIpc) is 3.01. The number of hydrogen-bond donors (Lipinski definition) is 1. The van der Waals surface area contributed by atoms with Crippen molar-refractivity contribution in [3.63, 3.8) is 0 Å². The summed E-state index contributed by atoms with van der Waals surface area (Å²) in [5.74, 6) is -1.80. The lowest BCUT2D eigenvalue weighted by molar-refractivity contribution is -0.140. The Hall–Kier alpha value is -2.86. The minimum absolute atomic E-state index is 0.0328. The summed E-state index contributed by atoms with van der Waals surface area (Å²) in [6.45, 7) is 0.126. The maximum atomic E-state index is 13.0. The molecule has 1 amide bonds. The summed E-state index contributed by atoms with van der Waals surface area (Å²) >= 11 is 18.2. The second-order valence-corrected chi connectivity index (χ2v) is 8.22. The topological polar surface area (TPSA) is 70.5 Å². The molecule has 1 N–H and O–H groups in total. The highest BCUT2D eigenvalue weighted by Gasteiger charge is 2.46. The van der Waals surface area contributed by atoms with E-state index in [-0.39, 0.29) is 22.9 Å². The Morgan fingerprint density at radius 1 is 1.00 bits per heavy atom. The van der Waals surface area contributed by atoms with Gasteiger partial charge in [0.15, 0.2) is 0 Å². The van der Waals surface area contributed by atoms with E-state index >= 15 is 0 Å². The minimum Gasteiger partial charge on any atom is -0.507 e. The van der Waals surface area contributed by atoms with Crippen molar-refractivity contribution in [2.75, 3.05) is 0 Å². The van der Waals surface area contributed by atoms with Crippen molar-refractivity contribution in [2.24, 2.45) is 0 Å². The molecule has 1 fully saturated rings. The van der Waals surface area contributed by atoms with Crippen LogP contribution >= 0.6 is 34.8 Å². The van der Waals surface area contributed by atoms with Crippen LogP contribution in [0.4, 0.5) is 0 Å². The van der Waals surface area contributed by atoms with Crippen LogP contribution in [0.3, 0.4) is 0 Å². The molecule has 1 aliphatic rings. The predicted molar refractivity (Wildman–Crippen MR) is 120 cm³/mol. The number of aliphatic hydroxyl groups excluding tert-OH is 1. The molecule has 1 aromatic heterocycles. The molecule has 2 aromatic carbocycles. The van der Waals surface area contributed by atoms with Gasteiger partial charge in [0.2, 0.25) is 0 Å². The molecule has 0 aliphatic carbocycles. The number of likely N-dealkylation sites (tertiary alicyclic amines) is 1. The first-order valence-electron chi connectivity index (χ1n) is 9.25. The van der Waals surface area contributed by atoms with Crippen molar-refractivity contribution in [1.82, 2.24) is 9.88 Å². The number of amides is 1. The molecular formula is C23H15Cl3N2O3. The Morgan fingerprint density at radius 2 is 1.74 bits per heavy atom. The quantitative estimate of drug-likeness (QED) is 0.301. The van der Waals surface area contributed by atoms with Crippen LogP contribution in [0.1, 0.15) is 22.7 Å². The second kappa shape index (κ2) is 8.71. The smallest absolute Gasteiger partial charge is 0.295 e. The zero-order valence-corrected chi connectivity index (χ0v) is 18.2. The van der Waals surface area contributed by atoms with E-state index in [0.717, 1.165) is 5.56 Å². The van der Waals surface area contributed by atoms with Gasteiger partial charge in [0.25, 0.3) is 11.7 Å². The van der Waals surface area contributed by atoms with Gasteiger partial charge >= 0.3 is 0 Å². The van der Waals surface area contributed by atoms with Crippen molar-refractivity contribution in [3.05, 3.63) is 104 Å². The van der Waals surface area contributed by atoms with Crippen LogP contribution in [0, 0.1) is 0 Å². The molecule has 4 rings (SSSR count). The number of benzene rings is 2. The molecule has 31 heavy (non-hydrogen) atoms. The Kier molecular flexibility index (Phi) is 6.01. The SMILES string of the molecule is O=C1C(=O)N(Cc2cccnc2)C(c2ccc(Cl)c(Cl)c2)/C1=C(/O)c1ccc(Cl)cc1. The van der Waals surface area contributed by atoms with E-state index in [1.54, 1.807) is 67.0 Å². The summed E-state index contributed by atoms with van der Waals surface area (Å²) < 4.78 is 0. The average molecular weight is 474 g/mol. The number of ketones is 1. The lowest BCUT2D eigenvalue weighted by Gasteiger charge is -2.25. The third-order valence-electron chi connectivity index (χ3n) is 4.99. The summed E-state index contributed by atoms with van der Waals surface area (Å²) in [6.07, 6.45) is 3.24. The molecule has 156 valence electrons. The molecule has 1 atom stereocenters. The number of Topliss-reactive ketones (excluding diaryl/α,β-unsaturated/α-hetero) is 1. The van der Waals surface area contributed by atoms with Gasteiger partial charge in [-0.2, -0.15) is 0 Å². The standard InChI is InChI=1S/C23H15Cl3N2O3/c24-16-6-3-14(4-7-16)21(29)19-20(15-5-8-17(25)18(26)10-15)28(23(31)22(19)30)12-13-2-1-9-27-11-13/h1-11,20,29H,12H2/b21-19-. The van der Waals surface area contributed by atoms with Crippen molar-refractivity contribution >= 4 is 52.3 Å². The van der Waals surface area contributed by atoms with Crippen LogP contribution < -0.4 is 0 Å². The van der Waals surface area contributed by atoms with Gasteiger partial charge in [-0.25, -0.2) is 0 Å². The van der Waals surface area contributed by atoms with E-state index in [1.807, 2.05) is 0 Å². The summed E-state index contributed by atoms with van der Waals surface area (Å²) in [5.41, 5.74) is 1.62.